The molecule has 0 aliphatic heterocycles. The molecule has 0 radical (unpaired) electrons. The number of amides is 1. The van der Waals surface area contributed by atoms with Crippen LogP contribution in [0, 0.1) is 13.8 Å². The normalized spacial score (nSPS) is 11.2. The summed E-state index contributed by atoms with van der Waals surface area (Å²) in [5, 5.41) is 8.14. The molecule has 33 heavy (non-hydrogen) atoms. The molecule has 0 spiro atoms. The predicted molar refractivity (Wildman–Crippen MR) is 137 cm³/mol. The lowest BCUT2D eigenvalue weighted by atomic mass is 10.2. The van der Waals surface area contributed by atoms with E-state index in [9.17, 15) is 9.59 Å². The van der Waals surface area contributed by atoms with Gasteiger partial charge in [0.25, 0.3) is 5.56 Å². The van der Waals surface area contributed by atoms with Crippen molar-refractivity contribution >= 4 is 55.8 Å². The van der Waals surface area contributed by atoms with Crippen molar-refractivity contribution in [2.24, 2.45) is 0 Å². The fourth-order valence-corrected chi connectivity index (χ4v) is 6.14. The molecule has 1 aromatic carbocycles. The Balaban J connectivity index is 1.33. The van der Waals surface area contributed by atoms with E-state index in [0.717, 1.165) is 32.2 Å². The number of benzene rings is 1. The van der Waals surface area contributed by atoms with Crippen molar-refractivity contribution in [3.63, 3.8) is 0 Å². The first-order chi connectivity index (χ1) is 16.0. The minimum Gasteiger partial charge on any atom is -0.326 e. The third kappa shape index (κ3) is 4.66. The van der Waals surface area contributed by atoms with Gasteiger partial charge in [-0.25, -0.2) is 9.97 Å². The van der Waals surface area contributed by atoms with Crippen LogP contribution in [0.1, 0.15) is 21.1 Å². The van der Waals surface area contributed by atoms with E-state index in [1.54, 1.807) is 22.2 Å². The number of rotatable bonds is 6. The molecule has 0 aliphatic carbocycles. The summed E-state index contributed by atoms with van der Waals surface area (Å²) >= 11 is 4.57. The van der Waals surface area contributed by atoms with Crippen molar-refractivity contribution in [1.82, 2.24) is 14.5 Å². The summed E-state index contributed by atoms with van der Waals surface area (Å²) in [6.45, 7) is 4.38. The summed E-state index contributed by atoms with van der Waals surface area (Å²) in [6, 6.07) is 11.8. The van der Waals surface area contributed by atoms with Gasteiger partial charge in [0.2, 0.25) is 5.91 Å². The number of carbonyl (C=O) groups excluding carboxylic acids is 1. The molecule has 0 saturated carbocycles. The quantitative estimate of drug-likeness (QED) is 0.340. The van der Waals surface area contributed by atoms with Gasteiger partial charge in [-0.15, -0.1) is 34.0 Å². The number of aromatic nitrogens is 3. The second kappa shape index (κ2) is 9.01. The standard InChI is InChI=1S/C24H20N4O2S3/c1-14-3-6-16(7-4-14)26-20(29)9-21-27-17(11-31-21)10-28-13-25-23-22(24(28)30)18(12-32-23)19-8-5-15(2)33-19/h3-8,11-13H,9-10H2,1-2H3,(H,26,29). The van der Waals surface area contributed by atoms with Crippen molar-refractivity contribution in [1.29, 1.82) is 0 Å². The van der Waals surface area contributed by atoms with Crippen LogP contribution in [-0.2, 0) is 17.8 Å². The number of thiazole rings is 1. The molecule has 166 valence electrons. The zero-order valence-electron chi connectivity index (χ0n) is 18.0. The smallest absolute Gasteiger partial charge is 0.263 e. The number of thiophene rings is 2. The molecule has 4 aromatic heterocycles. The molecule has 5 rings (SSSR count). The summed E-state index contributed by atoms with van der Waals surface area (Å²) in [6.07, 6.45) is 1.77. The molecule has 0 unspecified atom stereocenters. The highest BCUT2D eigenvalue weighted by Crippen LogP contribution is 2.34. The number of fused-ring (bicyclic) bond motifs is 1. The number of nitrogens with zero attached hydrogens (tertiary/aromatic N) is 3. The van der Waals surface area contributed by atoms with Crippen molar-refractivity contribution < 1.29 is 4.79 Å². The van der Waals surface area contributed by atoms with E-state index in [4.69, 9.17) is 0 Å². The maximum atomic E-state index is 13.3. The van der Waals surface area contributed by atoms with Gasteiger partial charge >= 0.3 is 0 Å². The van der Waals surface area contributed by atoms with E-state index < -0.39 is 0 Å². The van der Waals surface area contributed by atoms with E-state index in [2.05, 4.69) is 28.3 Å². The van der Waals surface area contributed by atoms with Crippen LogP contribution in [0.2, 0.25) is 0 Å². The number of hydrogen-bond acceptors (Lipinski definition) is 7. The van der Waals surface area contributed by atoms with E-state index >= 15 is 0 Å². The number of aryl methyl sites for hydroxylation is 2. The first-order valence-electron chi connectivity index (χ1n) is 10.3. The Hall–Kier alpha value is -3.14. The van der Waals surface area contributed by atoms with Crippen LogP contribution in [-0.4, -0.2) is 20.4 Å². The monoisotopic (exact) mass is 492 g/mol. The SMILES string of the molecule is Cc1ccc(NC(=O)Cc2nc(Cn3cnc4scc(-c5ccc(C)s5)c4c3=O)cs2)cc1. The molecular formula is C24H20N4O2S3. The Bertz CT molecular complexity index is 1510. The Morgan fingerprint density at radius 2 is 1.88 bits per heavy atom. The molecule has 1 N–H and O–H groups in total. The van der Waals surface area contributed by atoms with Gasteiger partial charge in [0.05, 0.1) is 30.4 Å². The third-order valence-corrected chi connectivity index (χ3v) is 7.96. The molecule has 5 aromatic rings. The van der Waals surface area contributed by atoms with Gasteiger partial charge in [-0.3, -0.25) is 14.2 Å². The molecule has 0 atom stereocenters. The van der Waals surface area contributed by atoms with Crippen LogP contribution < -0.4 is 10.9 Å². The van der Waals surface area contributed by atoms with Gasteiger partial charge in [-0.05, 0) is 38.1 Å². The average Bonchev–Trinajstić information content (AvgIpc) is 3.52. The Morgan fingerprint density at radius 1 is 1.06 bits per heavy atom. The van der Waals surface area contributed by atoms with Gasteiger partial charge < -0.3 is 5.32 Å². The average molecular weight is 493 g/mol. The summed E-state index contributed by atoms with van der Waals surface area (Å²) in [4.78, 5) is 37.7. The minimum atomic E-state index is -0.117. The highest BCUT2D eigenvalue weighted by Gasteiger charge is 2.16. The zero-order chi connectivity index (χ0) is 22.9. The van der Waals surface area contributed by atoms with Crippen molar-refractivity contribution in [3.05, 3.63) is 85.0 Å². The van der Waals surface area contributed by atoms with Crippen LogP contribution in [0.25, 0.3) is 20.7 Å². The van der Waals surface area contributed by atoms with E-state index in [1.165, 1.54) is 27.6 Å². The molecule has 0 fully saturated rings. The van der Waals surface area contributed by atoms with Gasteiger partial charge in [0, 0.05) is 31.8 Å². The van der Waals surface area contributed by atoms with Gasteiger partial charge in [-0.1, -0.05) is 17.7 Å². The molecule has 1 amide bonds. The molecule has 0 aliphatic rings. The largest absolute Gasteiger partial charge is 0.326 e. The maximum Gasteiger partial charge on any atom is 0.263 e. The lowest BCUT2D eigenvalue weighted by molar-refractivity contribution is -0.115. The number of nitrogens with one attached hydrogen (secondary N) is 1. The number of hydrogen-bond donors (Lipinski definition) is 1. The second-order valence-electron chi connectivity index (χ2n) is 7.74. The summed E-state index contributed by atoms with van der Waals surface area (Å²) in [5.41, 5.74) is 3.51. The lowest BCUT2D eigenvalue weighted by Crippen LogP contribution is -2.21. The third-order valence-electron chi connectivity index (χ3n) is 5.15. The first-order valence-corrected chi connectivity index (χ1v) is 12.9. The van der Waals surface area contributed by atoms with Crippen LogP contribution in [0.3, 0.4) is 0 Å². The number of anilines is 1. The van der Waals surface area contributed by atoms with E-state index in [-0.39, 0.29) is 17.9 Å². The highest BCUT2D eigenvalue weighted by atomic mass is 32.1. The van der Waals surface area contributed by atoms with Crippen molar-refractivity contribution in [3.8, 4) is 10.4 Å². The second-order valence-corrected chi connectivity index (χ2v) is 10.8. The lowest BCUT2D eigenvalue weighted by Gasteiger charge is -2.05. The zero-order valence-corrected chi connectivity index (χ0v) is 20.4. The predicted octanol–water partition coefficient (Wildman–Crippen LogP) is 5.49. The Labute approximate surface area is 202 Å². The minimum absolute atomic E-state index is 0.0750. The highest BCUT2D eigenvalue weighted by molar-refractivity contribution is 7.19. The van der Waals surface area contributed by atoms with Crippen molar-refractivity contribution in [2.45, 2.75) is 26.8 Å². The summed E-state index contributed by atoms with van der Waals surface area (Å²) in [7, 11) is 0. The van der Waals surface area contributed by atoms with Gasteiger partial charge in [-0.2, -0.15) is 0 Å². The summed E-state index contributed by atoms with van der Waals surface area (Å²) in [5.74, 6) is -0.117. The van der Waals surface area contributed by atoms with Gasteiger partial charge in [0.15, 0.2) is 0 Å². The Morgan fingerprint density at radius 3 is 2.64 bits per heavy atom. The van der Waals surface area contributed by atoms with E-state index in [0.29, 0.717) is 16.9 Å². The van der Waals surface area contributed by atoms with Crippen LogP contribution >= 0.6 is 34.0 Å². The van der Waals surface area contributed by atoms with Crippen LogP contribution in [0.4, 0.5) is 5.69 Å². The molecule has 4 heterocycles. The Kier molecular flexibility index (Phi) is 5.92. The maximum absolute atomic E-state index is 13.3. The molecule has 6 nitrogen and oxygen atoms in total. The fraction of sp³-hybridized carbons (Fsp3) is 0.167. The van der Waals surface area contributed by atoms with Crippen molar-refractivity contribution in [2.75, 3.05) is 5.32 Å². The van der Waals surface area contributed by atoms with Crippen LogP contribution in [0.5, 0.6) is 0 Å². The molecule has 0 bridgehead atoms. The van der Waals surface area contributed by atoms with Crippen LogP contribution in [0.15, 0.2) is 58.3 Å². The molecule has 0 saturated heterocycles. The first kappa shape index (κ1) is 21.7. The van der Waals surface area contributed by atoms with E-state index in [1.807, 2.05) is 48.0 Å². The molecule has 9 heteroatoms. The fourth-order valence-electron chi connectivity index (χ4n) is 3.50. The topological polar surface area (TPSA) is 76.9 Å². The van der Waals surface area contributed by atoms with Gasteiger partial charge in [0.1, 0.15) is 9.84 Å². The number of carbonyl (C=O) groups is 1. The molecular weight excluding hydrogens is 472 g/mol. The summed E-state index contributed by atoms with van der Waals surface area (Å²) < 4.78 is 1.59.